The summed E-state index contributed by atoms with van der Waals surface area (Å²) in [6, 6.07) is 11.7. The number of anilines is 1. The van der Waals surface area contributed by atoms with Gasteiger partial charge in [0, 0.05) is 10.2 Å². The van der Waals surface area contributed by atoms with E-state index in [1.165, 1.54) is 12.1 Å². The number of hydrogen-bond donors (Lipinski definition) is 1. The minimum atomic E-state index is -1.43. The van der Waals surface area contributed by atoms with E-state index >= 15 is 0 Å². The van der Waals surface area contributed by atoms with Gasteiger partial charge in [0.25, 0.3) is 0 Å². The third-order valence-electron chi connectivity index (χ3n) is 2.45. The fraction of sp³-hybridized carbons (Fsp3) is 0.0769. The fourth-order valence-corrected chi connectivity index (χ4v) is 3.33. The smallest absolute Gasteiger partial charge is 0.141 e. The first-order valence-corrected chi connectivity index (χ1v) is 7.36. The predicted molar refractivity (Wildman–Crippen MR) is 75.1 cm³/mol. The Balaban J connectivity index is 2.25. The van der Waals surface area contributed by atoms with Crippen LogP contribution in [0.3, 0.4) is 0 Å². The van der Waals surface area contributed by atoms with Crippen LogP contribution in [-0.2, 0) is 16.6 Å². The highest BCUT2D eigenvalue weighted by molar-refractivity contribution is 9.10. The Bertz CT molecular complexity index is 603. The molecule has 0 saturated heterocycles. The fourth-order valence-electron chi connectivity index (χ4n) is 1.54. The summed E-state index contributed by atoms with van der Waals surface area (Å²) in [4.78, 5) is 0.181. The van der Waals surface area contributed by atoms with E-state index in [-0.39, 0.29) is 10.6 Å². The zero-order chi connectivity index (χ0) is 13.1. The second-order valence-corrected chi connectivity index (χ2v) is 6.05. The number of nitrogens with two attached hydrogens (primary N) is 1. The molecule has 2 aromatic rings. The minimum absolute atomic E-state index is 0.181. The Morgan fingerprint density at radius 1 is 1.22 bits per heavy atom. The van der Waals surface area contributed by atoms with Crippen LogP contribution >= 0.6 is 15.9 Å². The molecule has 1 unspecified atom stereocenters. The van der Waals surface area contributed by atoms with Gasteiger partial charge in [-0.15, -0.1) is 0 Å². The van der Waals surface area contributed by atoms with Crippen LogP contribution in [0.25, 0.3) is 0 Å². The average Bonchev–Trinajstić information content (AvgIpc) is 2.32. The molecule has 2 nitrogen and oxygen atoms in total. The Kier molecular flexibility index (Phi) is 4.14. The molecule has 1 atom stereocenters. The number of nitrogen functional groups attached to an aromatic ring is 1. The third kappa shape index (κ3) is 2.97. The molecule has 0 saturated carbocycles. The maximum atomic E-state index is 13.6. The summed E-state index contributed by atoms with van der Waals surface area (Å²) in [6.45, 7) is 0. The first kappa shape index (κ1) is 13.2. The lowest BCUT2D eigenvalue weighted by atomic mass is 10.2. The van der Waals surface area contributed by atoms with Crippen LogP contribution in [0.4, 0.5) is 10.1 Å². The normalized spacial score (nSPS) is 12.3. The molecule has 0 aliphatic heterocycles. The molecule has 94 valence electrons. The molecule has 0 aromatic heterocycles. The van der Waals surface area contributed by atoms with Gasteiger partial charge in [0.05, 0.1) is 21.4 Å². The second kappa shape index (κ2) is 5.63. The summed E-state index contributed by atoms with van der Waals surface area (Å²) < 4.78 is 26.6. The average molecular weight is 328 g/mol. The van der Waals surface area contributed by atoms with E-state index in [0.29, 0.717) is 5.69 Å². The lowest BCUT2D eigenvalue weighted by molar-refractivity contribution is 0.596. The van der Waals surface area contributed by atoms with Gasteiger partial charge in [-0.3, -0.25) is 4.21 Å². The number of rotatable bonds is 3. The van der Waals surface area contributed by atoms with Gasteiger partial charge in [-0.1, -0.05) is 34.1 Å². The van der Waals surface area contributed by atoms with Crippen molar-refractivity contribution >= 4 is 32.4 Å². The molecule has 0 spiro atoms. The van der Waals surface area contributed by atoms with Gasteiger partial charge < -0.3 is 5.73 Å². The number of hydrogen-bond acceptors (Lipinski definition) is 2. The molecule has 0 heterocycles. The van der Waals surface area contributed by atoms with Gasteiger partial charge in [0.15, 0.2) is 0 Å². The Morgan fingerprint density at radius 2 is 1.94 bits per heavy atom. The van der Waals surface area contributed by atoms with Crippen LogP contribution in [0.2, 0.25) is 0 Å². The molecule has 2 aromatic carbocycles. The van der Waals surface area contributed by atoms with Gasteiger partial charge in [-0.05, 0) is 29.8 Å². The Hall–Kier alpha value is -1.20. The Labute approximate surface area is 116 Å². The van der Waals surface area contributed by atoms with Crippen molar-refractivity contribution in [3.8, 4) is 0 Å². The largest absolute Gasteiger partial charge is 0.399 e. The molecule has 18 heavy (non-hydrogen) atoms. The zero-order valence-electron chi connectivity index (χ0n) is 9.40. The van der Waals surface area contributed by atoms with Gasteiger partial charge >= 0.3 is 0 Å². The van der Waals surface area contributed by atoms with Gasteiger partial charge in [-0.25, -0.2) is 4.39 Å². The van der Waals surface area contributed by atoms with Crippen molar-refractivity contribution in [2.75, 3.05) is 5.73 Å². The van der Waals surface area contributed by atoms with E-state index in [1.54, 1.807) is 6.07 Å². The quantitative estimate of drug-likeness (QED) is 0.877. The van der Waals surface area contributed by atoms with Crippen LogP contribution in [0, 0.1) is 5.82 Å². The SMILES string of the molecule is Nc1ccc(S(=O)Cc2ccccc2Br)c(F)c1. The molecule has 5 heteroatoms. The van der Waals surface area contributed by atoms with Crippen LogP contribution < -0.4 is 5.73 Å². The third-order valence-corrected chi connectivity index (χ3v) is 4.61. The highest BCUT2D eigenvalue weighted by atomic mass is 79.9. The molecular weight excluding hydrogens is 317 g/mol. The van der Waals surface area contributed by atoms with Crippen LogP contribution in [0.1, 0.15) is 5.56 Å². The highest BCUT2D eigenvalue weighted by Crippen LogP contribution is 2.22. The summed E-state index contributed by atoms with van der Waals surface area (Å²) in [6.07, 6.45) is 0. The van der Waals surface area contributed by atoms with Crippen molar-refractivity contribution in [2.24, 2.45) is 0 Å². The van der Waals surface area contributed by atoms with Gasteiger partial charge in [0.1, 0.15) is 5.82 Å². The van der Waals surface area contributed by atoms with Crippen LogP contribution in [0.15, 0.2) is 51.8 Å². The molecule has 0 fully saturated rings. The molecule has 2 N–H and O–H groups in total. The van der Waals surface area contributed by atoms with E-state index in [4.69, 9.17) is 5.73 Å². The van der Waals surface area contributed by atoms with Crippen molar-refractivity contribution in [1.82, 2.24) is 0 Å². The van der Waals surface area contributed by atoms with Crippen molar-refractivity contribution in [3.05, 3.63) is 58.3 Å². The van der Waals surface area contributed by atoms with Crippen molar-refractivity contribution in [2.45, 2.75) is 10.6 Å². The van der Waals surface area contributed by atoms with Crippen LogP contribution in [0.5, 0.6) is 0 Å². The summed E-state index contributed by atoms with van der Waals surface area (Å²) >= 11 is 3.38. The molecule has 0 amide bonds. The maximum absolute atomic E-state index is 13.6. The molecular formula is C13H11BrFNOS. The summed E-state index contributed by atoms with van der Waals surface area (Å²) in [7, 11) is -1.43. The molecule has 0 bridgehead atoms. The van der Waals surface area contributed by atoms with Gasteiger partial charge in [0.2, 0.25) is 0 Å². The van der Waals surface area contributed by atoms with Crippen molar-refractivity contribution in [1.29, 1.82) is 0 Å². The van der Waals surface area contributed by atoms with E-state index in [0.717, 1.165) is 10.0 Å². The van der Waals surface area contributed by atoms with E-state index < -0.39 is 16.6 Å². The predicted octanol–water partition coefficient (Wildman–Crippen LogP) is 3.48. The van der Waals surface area contributed by atoms with E-state index in [9.17, 15) is 8.60 Å². The minimum Gasteiger partial charge on any atom is -0.399 e. The Morgan fingerprint density at radius 3 is 2.61 bits per heavy atom. The summed E-state index contributed by atoms with van der Waals surface area (Å²) in [5.74, 6) is -0.261. The van der Waals surface area contributed by atoms with E-state index in [1.807, 2.05) is 24.3 Å². The first-order chi connectivity index (χ1) is 8.58. The molecule has 0 aliphatic rings. The zero-order valence-corrected chi connectivity index (χ0v) is 11.8. The maximum Gasteiger partial charge on any atom is 0.141 e. The van der Waals surface area contributed by atoms with Crippen molar-refractivity contribution in [3.63, 3.8) is 0 Å². The lowest BCUT2D eigenvalue weighted by Gasteiger charge is -2.06. The van der Waals surface area contributed by atoms with Crippen molar-refractivity contribution < 1.29 is 8.60 Å². The number of halogens is 2. The highest BCUT2D eigenvalue weighted by Gasteiger charge is 2.12. The summed E-state index contributed by atoms with van der Waals surface area (Å²) in [5, 5.41) is 0. The first-order valence-electron chi connectivity index (χ1n) is 5.25. The molecule has 0 radical (unpaired) electrons. The second-order valence-electron chi connectivity index (χ2n) is 3.77. The van der Waals surface area contributed by atoms with Crippen LogP contribution in [-0.4, -0.2) is 4.21 Å². The number of benzene rings is 2. The monoisotopic (exact) mass is 327 g/mol. The topological polar surface area (TPSA) is 43.1 Å². The lowest BCUT2D eigenvalue weighted by Crippen LogP contribution is -2.01. The van der Waals surface area contributed by atoms with E-state index in [2.05, 4.69) is 15.9 Å². The van der Waals surface area contributed by atoms with Gasteiger partial charge in [-0.2, -0.15) is 0 Å². The molecule has 2 rings (SSSR count). The molecule has 0 aliphatic carbocycles. The standard InChI is InChI=1S/C13H11BrFNOS/c14-11-4-2-1-3-9(11)8-18(17)13-6-5-10(16)7-12(13)15/h1-7H,8,16H2. The summed E-state index contributed by atoms with van der Waals surface area (Å²) in [5.41, 5.74) is 6.67.